The largest absolute Gasteiger partial charge is 0.321 e. The van der Waals surface area contributed by atoms with Crippen molar-refractivity contribution in [1.82, 2.24) is 4.57 Å². The Morgan fingerprint density at radius 1 is 0.750 bits per heavy atom. The van der Waals surface area contributed by atoms with E-state index >= 15 is 0 Å². The molecule has 0 saturated carbocycles. The molecule has 0 bridgehead atoms. The molecule has 0 saturated heterocycles. The van der Waals surface area contributed by atoms with Crippen molar-refractivity contribution >= 4 is 0 Å². The summed E-state index contributed by atoms with van der Waals surface area (Å²) in [5.74, 6) is -0.151. The van der Waals surface area contributed by atoms with E-state index in [2.05, 4.69) is 59.2 Å². The zero-order valence-electron chi connectivity index (χ0n) is 17.7. The summed E-state index contributed by atoms with van der Waals surface area (Å²) in [6.45, 7) is 2.04. The smallest absolute Gasteiger partial charge is 0.101 e. The molecule has 0 aliphatic carbocycles. The van der Waals surface area contributed by atoms with Crippen LogP contribution in [0.15, 0.2) is 85.1 Å². The van der Waals surface area contributed by atoms with E-state index in [0.29, 0.717) is 12.0 Å². The molecule has 1 aromatic heterocycles. The molecule has 1 atom stereocenters. The zero-order valence-corrected chi connectivity index (χ0v) is 17.7. The summed E-state index contributed by atoms with van der Waals surface area (Å²) in [4.78, 5) is 0. The lowest BCUT2D eigenvalue weighted by Gasteiger charge is -2.21. The molecule has 0 aliphatic rings. The summed E-state index contributed by atoms with van der Waals surface area (Å²) >= 11 is 0. The highest BCUT2D eigenvalue weighted by atomic mass is 15.0. The minimum atomic E-state index is -0.151. The second-order valence-corrected chi connectivity index (χ2v) is 7.69. The molecule has 152 valence electrons. The molecule has 0 fully saturated rings. The quantitative estimate of drug-likeness (QED) is 0.417. The molecular weight excluding hydrogens is 392 g/mol. The van der Waals surface area contributed by atoms with Gasteiger partial charge in [-0.1, -0.05) is 48.0 Å². The topological polar surface area (TPSA) is 76.3 Å². The van der Waals surface area contributed by atoms with Crippen LogP contribution in [0.5, 0.6) is 0 Å². The van der Waals surface area contributed by atoms with Gasteiger partial charge >= 0.3 is 0 Å². The van der Waals surface area contributed by atoms with Gasteiger partial charge < -0.3 is 4.57 Å². The van der Waals surface area contributed by atoms with Crippen LogP contribution in [0.1, 0.15) is 45.0 Å². The van der Waals surface area contributed by atoms with Gasteiger partial charge in [0.2, 0.25) is 0 Å². The highest BCUT2D eigenvalue weighted by Gasteiger charge is 2.22. The Kier molecular flexibility index (Phi) is 5.85. The predicted molar refractivity (Wildman–Crippen MR) is 123 cm³/mol. The summed E-state index contributed by atoms with van der Waals surface area (Å²) < 4.78 is 2.14. The van der Waals surface area contributed by atoms with E-state index in [0.717, 1.165) is 28.1 Å². The fourth-order valence-electron chi connectivity index (χ4n) is 4.02. The highest BCUT2D eigenvalue weighted by molar-refractivity contribution is 5.56. The van der Waals surface area contributed by atoms with Crippen LogP contribution in [-0.2, 0) is 6.42 Å². The number of aryl methyl sites for hydroxylation is 1. The number of nitrogens with zero attached hydrogens (tertiary/aromatic N) is 4. The summed E-state index contributed by atoms with van der Waals surface area (Å²) in [5.41, 5.74) is 6.05. The third-order valence-corrected chi connectivity index (χ3v) is 5.69. The van der Waals surface area contributed by atoms with Crippen molar-refractivity contribution in [3.63, 3.8) is 0 Å². The van der Waals surface area contributed by atoms with Gasteiger partial charge in [-0.3, -0.25) is 0 Å². The Morgan fingerprint density at radius 2 is 1.41 bits per heavy atom. The fourth-order valence-corrected chi connectivity index (χ4v) is 4.02. The Labute approximate surface area is 187 Å². The third-order valence-electron chi connectivity index (χ3n) is 5.69. The molecule has 1 unspecified atom stereocenters. The van der Waals surface area contributed by atoms with E-state index in [1.807, 2.05) is 43.5 Å². The molecule has 4 aromatic rings. The van der Waals surface area contributed by atoms with Gasteiger partial charge in [-0.05, 0) is 60.9 Å². The van der Waals surface area contributed by atoms with Crippen molar-refractivity contribution in [3.8, 4) is 23.9 Å². The summed E-state index contributed by atoms with van der Waals surface area (Å²) in [5, 5.41) is 28.8. The maximum absolute atomic E-state index is 9.85. The van der Waals surface area contributed by atoms with Crippen LogP contribution in [0.2, 0.25) is 0 Å². The van der Waals surface area contributed by atoms with Crippen molar-refractivity contribution < 1.29 is 0 Å². The number of aromatic nitrogens is 1. The lowest BCUT2D eigenvalue weighted by atomic mass is 9.83. The number of rotatable bonds is 5. The molecule has 0 aliphatic heterocycles. The van der Waals surface area contributed by atoms with Gasteiger partial charge in [0.25, 0.3) is 0 Å². The molecule has 4 heteroatoms. The van der Waals surface area contributed by atoms with Crippen LogP contribution in [0, 0.1) is 40.9 Å². The number of hydrogen-bond acceptors (Lipinski definition) is 3. The van der Waals surface area contributed by atoms with Crippen molar-refractivity contribution in [3.05, 3.63) is 124 Å². The van der Waals surface area contributed by atoms with Crippen molar-refractivity contribution in [1.29, 1.82) is 15.8 Å². The van der Waals surface area contributed by atoms with Crippen LogP contribution in [0.25, 0.3) is 5.69 Å². The number of para-hydroxylation sites is 1. The molecule has 32 heavy (non-hydrogen) atoms. The van der Waals surface area contributed by atoms with Crippen LogP contribution in [0.4, 0.5) is 0 Å². The average molecular weight is 412 g/mol. The molecule has 0 N–H and O–H groups in total. The summed E-state index contributed by atoms with van der Waals surface area (Å²) in [6, 6.07) is 32.1. The van der Waals surface area contributed by atoms with Gasteiger partial charge in [-0.25, -0.2) is 0 Å². The first-order chi connectivity index (χ1) is 15.6. The molecule has 0 amide bonds. The lowest BCUT2D eigenvalue weighted by Crippen LogP contribution is -2.11. The van der Waals surface area contributed by atoms with Gasteiger partial charge in [0.15, 0.2) is 0 Å². The van der Waals surface area contributed by atoms with Crippen LogP contribution in [-0.4, -0.2) is 4.57 Å². The first-order valence-electron chi connectivity index (χ1n) is 10.3. The Morgan fingerprint density at radius 3 is 2.06 bits per heavy atom. The summed E-state index contributed by atoms with van der Waals surface area (Å²) in [7, 11) is 0. The van der Waals surface area contributed by atoms with E-state index in [1.165, 1.54) is 6.07 Å². The molecule has 4 nitrogen and oxygen atoms in total. The van der Waals surface area contributed by atoms with Crippen LogP contribution >= 0.6 is 0 Å². The van der Waals surface area contributed by atoms with Gasteiger partial charge in [-0.2, -0.15) is 15.8 Å². The third kappa shape index (κ3) is 4.01. The minimum absolute atomic E-state index is 0.151. The second kappa shape index (κ2) is 9.05. The minimum Gasteiger partial charge on any atom is -0.321 e. The number of hydrogen-bond donors (Lipinski definition) is 0. The standard InChI is InChI=1S/C28H20N4/c1-20-9-11-21(12-10-20)28(27-15-23(18-30)22(17-29)14-24(27)19-31)16-26-8-5-13-32(26)25-6-3-2-4-7-25/h2-15,28H,16H2,1H3. The van der Waals surface area contributed by atoms with Gasteiger partial charge in [0, 0.05) is 23.5 Å². The monoisotopic (exact) mass is 412 g/mol. The Hall–Kier alpha value is -4.59. The van der Waals surface area contributed by atoms with E-state index in [9.17, 15) is 15.8 Å². The van der Waals surface area contributed by atoms with E-state index < -0.39 is 0 Å². The first kappa shape index (κ1) is 20.7. The fraction of sp³-hybridized carbons (Fsp3) is 0.107. The van der Waals surface area contributed by atoms with Crippen molar-refractivity contribution in [2.75, 3.05) is 0 Å². The lowest BCUT2D eigenvalue weighted by molar-refractivity contribution is 0.760. The highest BCUT2D eigenvalue weighted by Crippen LogP contribution is 2.33. The summed E-state index contributed by atoms with van der Waals surface area (Å²) in [6.07, 6.45) is 2.66. The number of nitriles is 3. The maximum Gasteiger partial charge on any atom is 0.101 e. The van der Waals surface area contributed by atoms with Crippen molar-refractivity contribution in [2.45, 2.75) is 19.3 Å². The van der Waals surface area contributed by atoms with Gasteiger partial charge in [0.1, 0.15) is 12.1 Å². The average Bonchev–Trinajstić information content (AvgIpc) is 3.31. The molecule has 1 heterocycles. The Bertz CT molecular complexity index is 1370. The normalized spacial score (nSPS) is 11.2. The van der Waals surface area contributed by atoms with Gasteiger partial charge in [-0.15, -0.1) is 0 Å². The maximum atomic E-state index is 9.85. The SMILES string of the molecule is Cc1ccc(C(Cc2cccn2-c2ccccc2)c2cc(C#N)c(C#N)cc2C#N)cc1. The molecule has 4 rings (SSSR count). The van der Waals surface area contributed by atoms with Gasteiger partial charge in [0.05, 0.1) is 22.8 Å². The molecular formula is C28H20N4. The zero-order chi connectivity index (χ0) is 22.5. The molecule has 0 spiro atoms. The van der Waals surface area contributed by atoms with Crippen LogP contribution in [0.3, 0.4) is 0 Å². The second-order valence-electron chi connectivity index (χ2n) is 7.69. The van der Waals surface area contributed by atoms with E-state index in [1.54, 1.807) is 6.07 Å². The Balaban J connectivity index is 1.87. The number of benzene rings is 3. The van der Waals surface area contributed by atoms with E-state index in [-0.39, 0.29) is 17.0 Å². The first-order valence-corrected chi connectivity index (χ1v) is 10.3. The predicted octanol–water partition coefficient (Wildman–Crippen LogP) is 5.78. The van der Waals surface area contributed by atoms with E-state index in [4.69, 9.17) is 0 Å². The molecule has 3 aromatic carbocycles. The van der Waals surface area contributed by atoms with Crippen molar-refractivity contribution in [2.24, 2.45) is 0 Å². The molecule has 0 radical (unpaired) electrons. The van der Waals surface area contributed by atoms with Crippen LogP contribution < -0.4 is 0 Å².